The van der Waals surface area contributed by atoms with E-state index in [1.807, 2.05) is 25.1 Å². The van der Waals surface area contributed by atoms with Gasteiger partial charge in [0.1, 0.15) is 6.29 Å². The van der Waals surface area contributed by atoms with Crippen molar-refractivity contribution in [2.24, 2.45) is 0 Å². The number of carbonyl (C=O) groups is 2. The summed E-state index contributed by atoms with van der Waals surface area (Å²) in [5, 5.41) is 0. The monoisotopic (exact) mass is 217 g/mol. The van der Waals surface area contributed by atoms with Gasteiger partial charge in [-0.05, 0) is 23.1 Å². The number of aldehydes is 1. The number of nitrogens with zero attached hydrogens (tertiary/aromatic N) is 1. The average molecular weight is 217 g/mol. The fourth-order valence-electron chi connectivity index (χ4n) is 2.24. The molecule has 0 saturated heterocycles. The van der Waals surface area contributed by atoms with Crippen molar-refractivity contribution in [2.45, 2.75) is 25.7 Å². The van der Waals surface area contributed by atoms with Gasteiger partial charge in [-0.1, -0.05) is 19.1 Å². The molecule has 1 atom stereocenters. The van der Waals surface area contributed by atoms with E-state index >= 15 is 0 Å². The lowest BCUT2D eigenvalue weighted by molar-refractivity contribution is -0.117. The van der Waals surface area contributed by atoms with Crippen molar-refractivity contribution >= 4 is 17.9 Å². The van der Waals surface area contributed by atoms with E-state index in [-0.39, 0.29) is 11.8 Å². The molecule has 0 bridgehead atoms. The molecule has 0 N–H and O–H groups in total. The summed E-state index contributed by atoms with van der Waals surface area (Å²) in [6.45, 7) is 2.02. The van der Waals surface area contributed by atoms with Crippen LogP contribution in [0.25, 0.3) is 0 Å². The molecule has 0 saturated carbocycles. The third-order valence-electron chi connectivity index (χ3n) is 3.23. The number of benzene rings is 1. The Hall–Kier alpha value is -1.64. The second-order valence-corrected chi connectivity index (χ2v) is 4.28. The van der Waals surface area contributed by atoms with Gasteiger partial charge in [-0.2, -0.15) is 0 Å². The van der Waals surface area contributed by atoms with Crippen molar-refractivity contribution in [3.8, 4) is 0 Å². The largest absolute Gasteiger partial charge is 0.315 e. The normalized spacial score (nSPS) is 16.1. The van der Waals surface area contributed by atoms with Crippen molar-refractivity contribution in [2.75, 3.05) is 11.9 Å². The summed E-state index contributed by atoms with van der Waals surface area (Å²) in [6.07, 6.45) is 1.91. The molecule has 0 spiro atoms. The molecule has 1 aliphatic rings. The maximum absolute atomic E-state index is 11.6. The van der Waals surface area contributed by atoms with Crippen LogP contribution in [0.1, 0.15) is 30.4 Å². The molecule has 3 nitrogen and oxygen atoms in total. The molecule has 0 aliphatic carbocycles. The van der Waals surface area contributed by atoms with Gasteiger partial charge < -0.3 is 9.69 Å². The minimum absolute atomic E-state index is 0.126. The molecule has 1 aliphatic heterocycles. The Morgan fingerprint density at radius 1 is 1.50 bits per heavy atom. The summed E-state index contributed by atoms with van der Waals surface area (Å²) in [7, 11) is 1.79. The predicted molar refractivity (Wildman–Crippen MR) is 62.7 cm³/mol. The molecule has 1 unspecified atom stereocenters. The molecular formula is C13H15NO2. The number of likely N-dealkylation sites (N-methyl/N-ethyl adjacent to an activating group) is 1. The Labute approximate surface area is 95.1 Å². The van der Waals surface area contributed by atoms with Crippen LogP contribution in [-0.4, -0.2) is 19.2 Å². The van der Waals surface area contributed by atoms with Crippen LogP contribution in [0.3, 0.4) is 0 Å². The average Bonchev–Trinajstić information content (AvgIpc) is 2.55. The van der Waals surface area contributed by atoms with Gasteiger partial charge in [0.15, 0.2) is 0 Å². The Morgan fingerprint density at radius 2 is 2.25 bits per heavy atom. The Kier molecular flexibility index (Phi) is 2.77. The van der Waals surface area contributed by atoms with Crippen LogP contribution in [-0.2, 0) is 16.0 Å². The second-order valence-electron chi connectivity index (χ2n) is 4.28. The van der Waals surface area contributed by atoms with Crippen LogP contribution >= 0.6 is 0 Å². The Morgan fingerprint density at radius 3 is 2.94 bits per heavy atom. The molecule has 1 heterocycles. The van der Waals surface area contributed by atoms with Crippen molar-refractivity contribution in [3.05, 3.63) is 29.3 Å². The van der Waals surface area contributed by atoms with Gasteiger partial charge in [-0.15, -0.1) is 0 Å². The van der Waals surface area contributed by atoms with Crippen LogP contribution < -0.4 is 4.90 Å². The van der Waals surface area contributed by atoms with Crippen LogP contribution in [0, 0.1) is 0 Å². The van der Waals surface area contributed by atoms with E-state index in [4.69, 9.17) is 0 Å². The maximum atomic E-state index is 11.6. The lowest BCUT2D eigenvalue weighted by Gasteiger charge is -2.14. The molecule has 0 aromatic heterocycles. The standard InChI is InChI=1S/C13H15NO2/c1-9(6-7-15)10-4-3-5-12-11(10)8-13(16)14(12)2/h3-5,7,9H,6,8H2,1-2H3. The first-order valence-corrected chi connectivity index (χ1v) is 5.47. The molecule has 16 heavy (non-hydrogen) atoms. The zero-order valence-corrected chi connectivity index (χ0v) is 9.56. The smallest absolute Gasteiger partial charge is 0.231 e. The van der Waals surface area contributed by atoms with Gasteiger partial charge in [0.05, 0.1) is 6.42 Å². The first-order chi connectivity index (χ1) is 7.65. The third-order valence-corrected chi connectivity index (χ3v) is 3.23. The summed E-state index contributed by atoms with van der Waals surface area (Å²) in [6, 6.07) is 5.92. The molecule has 1 aromatic carbocycles. The van der Waals surface area contributed by atoms with Gasteiger partial charge in [0, 0.05) is 19.2 Å². The zero-order valence-electron chi connectivity index (χ0n) is 9.56. The molecule has 1 aromatic rings. The van der Waals surface area contributed by atoms with Gasteiger partial charge in [0.25, 0.3) is 0 Å². The summed E-state index contributed by atoms with van der Waals surface area (Å²) < 4.78 is 0. The van der Waals surface area contributed by atoms with Gasteiger partial charge >= 0.3 is 0 Å². The van der Waals surface area contributed by atoms with Crippen molar-refractivity contribution in [1.82, 2.24) is 0 Å². The van der Waals surface area contributed by atoms with Crippen molar-refractivity contribution < 1.29 is 9.59 Å². The number of carbonyl (C=O) groups excluding carboxylic acids is 2. The number of rotatable bonds is 3. The molecule has 0 radical (unpaired) electrons. The lowest BCUT2D eigenvalue weighted by atomic mass is 9.92. The third kappa shape index (κ3) is 1.62. The topological polar surface area (TPSA) is 37.4 Å². The van der Waals surface area contributed by atoms with E-state index in [2.05, 4.69) is 0 Å². The lowest BCUT2D eigenvalue weighted by Crippen LogP contribution is -2.20. The van der Waals surface area contributed by atoms with Crippen LogP contribution in [0.4, 0.5) is 5.69 Å². The van der Waals surface area contributed by atoms with Crippen LogP contribution in [0.15, 0.2) is 18.2 Å². The minimum Gasteiger partial charge on any atom is -0.315 e. The van der Waals surface area contributed by atoms with E-state index in [1.165, 1.54) is 0 Å². The van der Waals surface area contributed by atoms with Crippen molar-refractivity contribution in [3.63, 3.8) is 0 Å². The van der Waals surface area contributed by atoms with Gasteiger partial charge in [-0.25, -0.2) is 0 Å². The van der Waals surface area contributed by atoms with E-state index in [0.29, 0.717) is 12.8 Å². The van der Waals surface area contributed by atoms with Crippen molar-refractivity contribution in [1.29, 1.82) is 0 Å². The highest BCUT2D eigenvalue weighted by Crippen LogP contribution is 2.34. The van der Waals surface area contributed by atoms with E-state index in [1.54, 1.807) is 11.9 Å². The quantitative estimate of drug-likeness (QED) is 0.725. The molecule has 1 amide bonds. The zero-order chi connectivity index (χ0) is 11.7. The van der Waals surface area contributed by atoms with E-state index in [9.17, 15) is 9.59 Å². The van der Waals surface area contributed by atoms with Gasteiger partial charge in [-0.3, -0.25) is 4.79 Å². The van der Waals surface area contributed by atoms with Gasteiger partial charge in [0.2, 0.25) is 5.91 Å². The van der Waals surface area contributed by atoms with E-state index < -0.39 is 0 Å². The molecule has 3 heteroatoms. The summed E-state index contributed by atoms with van der Waals surface area (Å²) in [5.74, 6) is 0.313. The fourth-order valence-corrected chi connectivity index (χ4v) is 2.24. The van der Waals surface area contributed by atoms with Crippen LogP contribution in [0.2, 0.25) is 0 Å². The number of anilines is 1. The first kappa shape index (κ1) is 10.9. The molecular weight excluding hydrogens is 202 g/mol. The Bertz CT molecular complexity index is 440. The van der Waals surface area contributed by atoms with Crippen LogP contribution in [0.5, 0.6) is 0 Å². The summed E-state index contributed by atoms with van der Waals surface area (Å²) in [5.41, 5.74) is 3.20. The Balaban J connectivity index is 2.43. The highest BCUT2D eigenvalue weighted by molar-refractivity contribution is 6.01. The van der Waals surface area contributed by atoms with E-state index in [0.717, 1.165) is 23.1 Å². The first-order valence-electron chi connectivity index (χ1n) is 5.47. The number of hydrogen-bond acceptors (Lipinski definition) is 2. The minimum atomic E-state index is 0.126. The summed E-state index contributed by atoms with van der Waals surface area (Å²) in [4.78, 5) is 23.8. The number of amides is 1. The summed E-state index contributed by atoms with van der Waals surface area (Å²) >= 11 is 0. The highest BCUT2D eigenvalue weighted by atomic mass is 16.2. The molecule has 84 valence electrons. The molecule has 0 fully saturated rings. The second kappa shape index (κ2) is 4.08. The predicted octanol–water partition coefficient (Wildman–Crippen LogP) is 1.90. The highest BCUT2D eigenvalue weighted by Gasteiger charge is 2.27. The fraction of sp³-hybridized carbons (Fsp3) is 0.385. The number of hydrogen-bond donors (Lipinski definition) is 0. The molecule has 2 rings (SSSR count). The number of fused-ring (bicyclic) bond motifs is 1. The SMILES string of the molecule is CC(CC=O)c1cccc2c1CC(=O)N2C. The maximum Gasteiger partial charge on any atom is 0.231 e.